The lowest BCUT2D eigenvalue weighted by Gasteiger charge is -2.15. The first kappa shape index (κ1) is 16.6. The summed E-state index contributed by atoms with van der Waals surface area (Å²) in [7, 11) is 1.53. The van der Waals surface area contributed by atoms with Crippen LogP contribution in [-0.2, 0) is 6.54 Å². The van der Waals surface area contributed by atoms with Crippen LogP contribution < -0.4 is 14.8 Å². The summed E-state index contributed by atoms with van der Waals surface area (Å²) in [6.45, 7) is 4.07. The molecule has 0 radical (unpaired) electrons. The van der Waals surface area contributed by atoms with E-state index in [0.29, 0.717) is 18.0 Å². The molecular weight excluding hydrogens is 271 g/mol. The zero-order valence-electron chi connectivity index (χ0n) is 11.9. The van der Waals surface area contributed by atoms with Gasteiger partial charge in [-0.3, -0.25) is 0 Å². The maximum Gasteiger partial charge on any atom is 0.390 e. The number of ether oxygens (including phenoxy) is 2. The molecule has 3 nitrogen and oxygen atoms in total. The summed E-state index contributed by atoms with van der Waals surface area (Å²) in [5, 5.41) is 2.75. The number of methoxy groups -OCH3 is 1. The fourth-order valence-corrected chi connectivity index (χ4v) is 1.64. The minimum atomic E-state index is -4.13. The number of nitrogens with one attached hydrogen (secondary N) is 1. The Bertz CT molecular complexity index is 419. The van der Waals surface area contributed by atoms with Gasteiger partial charge in [0.1, 0.15) is 0 Å². The molecule has 0 aromatic heterocycles. The van der Waals surface area contributed by atoms with Gasteiger partial charge < -0.3 is 14.8 Å². The summed E-state index contributed by atoms with van der Waals surface area (Å²) < 4.78 is 46.8. The molecule has 0 fully saturated rings. The summed E-state index contributed by atoms with van der Waals surface area (Å²) in [5.74, 6) is 1.20. The maximum atomic E-state index is 12.0. The molecule has 1 N–H and O–H groups in total. The van der Waals surface area contributed by atoms with E-state index in [0.717, 1.165) is 5.56 Å². The van der Waals surface area contributed by atoms with Crippen molar-refractivity contribution in [1.29, 1.82) is 0 Å². The van der Waals surface area contributed by atoms with Crippen molar-refractivity contribution < 1.29 is 22.6 Å². The van der Waals surface area contributed by atoms with Gasteiger partial charge in [-0.05, 0) is 31.5 Å². The van der Waals surface area contributed by atoms with Crippen LogP contribution in [0.25, 0.3) is 0 Å². The minimum absolute atomic E-state index is 0.0275. The van der Waals surface area contributed by atoms with Gasteiger partial charge in [0, 0.05) is 13.1 Å². The average Bonchev–Trinajstić information content (AvgIpc) is 2.34. The molecule has 0 amide bonds. The van der Waals surface area contributed by atoms with E-state index in [2.05, 4.69) is 5.32 Å². The van der Waals surface area contributed by atoms with Crippen LogP contribution in [0, 0.1) is 0 Å². The zero-order valence-corrected chi connectivity index (χ0v) is 11.9. The van der Waals surface area contributed by atoms with Crippen molar-refractivity contribution in [3.63, 3.8) is 0 Å². The van der Waals surface area contributed by atoms with Gasteiger partial charge in [0.15, 0.2) is 11.5 Å². The molecule has 0 spiro atoms. The van der Waals surface area contributed by atoms with Crippen molar-refractivity contribution >= 4 is 0 Å². The second-order valence-corrected chi connectivity index (χ2v) is 4.69. The summed E-state index contributed by atoms with van der Waals surface area (Å²) in [6, 6.07) is 5.33. The molecule has 0 aliphatic rings. The lowest BCUT2D eigenvalue weighted by Crippen LogP contribution is -2.21. The first-order valence-corrected chi connectivity index (χ1v) is 6.43. The molecule has 0 saturated heterocycles. The molecule has 1 rings (SSSR count). The molecule has 114 valence electrons. The predicted octanol–water partition coefficient (Wildman–Crippen LogP) is 3.52. The quantitative estimate of drug-likeness (QED) is 0.780. The van der Waals surface area contributed by atoms with Crippen LogP contribution in [0.1, 0.15) is 25.8 Å². The highest BCUT2D eigenvalue weighted by atomic mass is 19.4. The number of rotatable bonds is 7. The van der Waals surface area contributed by atoms with Crippen molar-refractivity contribution in [2.24, 2.45) is 0 Å². The highest BCUT2D eigenvalue weighted by Gasteiger charge is 2.25. The van der Waals surface area contributed by atoms with E-state index in [1.54, 1.807) is 18.2 Å². The molecule has 0 atom stereocenters. The zero-order chi connectivity index (χ0) is 15.2. The van der Waals surface area contributed by atoms with Gasteiger partial charge in [0.2, 0.25) is 0 Å². The first-order chi connectivity index (χ1) is 9.31. The SMILES string of the molecule is COc1cc(CNCCC(F)(F)F)ccc1OC(C)C. The number of hydrogen-bond donors (Lipinski definition) is 1. The molecule has 1 aromatic carbocycles. The summed E-state index contributed by atoms with van der Waals surface area (Å²) >= 11 is 0. The van der Waals surface area contributed by atoms with Gasteiger partial charge in [-0.25, -0.2) is 0 Å². The largest absolute Gasteiger partial charge is 0.493 e. The third-order valence-electron chi connectivity index (χ3n) is 2.51. The van der Waals surface area contributed by atoms with E-state index < -0.39 is 12.6 Å². The lowest BCUT2D eigenvalue weighted by atomic mass is 10.2. The van der Waals surface area contributed by atoms with Crippen molar-refractivity contribution in [2.75, 3.05) is 13.7 Å². The van der Waals surface area contributed by atoms with E-state index in [1.807, 2.05) is 13.8 Å². The molecule has 1 aromatic rings. The van der Waals surface area contributed by atoms with Crippen LogP contribution >= 0.6 is 0 Å². The van der Waals surface area contributed by atoms with E-state index in [9.17, 15) is 13.2 Å². The second kappa shape index (κ2) is 7.38. The van der Waals surface area contributed by atoms with Gasteiger partial charge in [-0.1, -0.05) is 6.07 Å². The highest BCUT2D eigenvalue weighted by Crippen LogP contribution is 2.29. The van der Waals surface area contributed by atoms with E-state index in [1.165, 1.54) is 7.11 Å². The predicted molar refractivity (Wildman–Crippen MR) is 71.1 cm³/mol. The normalized spacial score (nSPS) is 11.8. The number of hydrogen-bond acceptors (Lipinski definition) is 3. The monoisotopic (exact) mass is 291 g/mol. The van der Waals surface area contributed by atoms with E-state index >= 15 is 0 Å². The van der Waals surface area contributed by atoms with Crippen LogP contribution in [0.15, 0.2) is 18.2 Å². The minimum Gasteiger partial charge on any atom is -0.493 e. The Labute approximate surface area is 117 Å². The van der Waals surface area contributed by atoms with Crippen LogP contribution in [0.4, 0.5) is 13.2 Å². The van der Waals surface area contributed by atoms with Crippen molar-refractivity contribution in [3.05, 3.63) is 23.8 Å². The Kier molecular flexibility index (Phi) is 6.13. The van der Waals surface area contributed by atoms with Crippen molar-refractivity contribution in [3.8, 4) is 11.5 Å². The summed E-state index contributed by atoms with van der Waals surface area (Å²) in [4.78, 5) is 0. The molecule has 0 aliphatic carbocycles. The van der Waals surface area contributed by atoms with Crippen molar-refractivity contribution in [2.45, 2.75) is 39.1 Å². The van der Waals surface area contributed by atoms with Gasteiger partial charge >= 0.3 is 6.18 Å². The summed E-state index contributed by atoms with van der Waals surface area (Å²) in [5.41, 5.74) is 0.847. The number of benzene rings is 1. The summed E-state index contributed by atoms with van der Waals surface area (Å²) in [6.07, 6.45) is -4.93. The van der Waals surface area contributed by atoms with Crippen LogP contribution in [0.2, 0.25) is 0 Å². The molecule has 0 unspecified atom stereocenters. The fourth-order valence-electron chi connectivity index (χ4n) is 1.64. The van der Waals surface area contributed by atoms with Gasteiger partial charge in [0.25, 0.3) is 0 Å². The molecule has 0 aliphatic heterocycles. The molecule has 0 heterocycles. The number of alkyl halides is 3. The van der Waals surface area contributed by atoms with Gasteiger partial charge in [0.05, 0.1) is 19.6 Å². The smallest absolute Gasteiger partial charge is 0.390 e. The first-order valence-electron chi connectivity index (χ1n) is 6.43. The third kappa shape index (κ3) is 6.14. The van der Waals surface area contributed by atoms with Gasteiger partial charge in [-0.15, -0.1) is 0 Å². The molecule has 0 bridgehead atoms. The molecule has 20 heavy (non-hydrogen) atoms. The van der Waals surface area contributed by atoms with Crippen molar-refractivity contribution in [1.82, 2.24) is 5.32 Å². The van der Waals surface area contributed by atoms with Gasteiger partial charge in [-0.2, -0.15) is 13.2 Å². The van der Waals surface area contributed by atoms with Crippen LogP contribution in [0.5, 0.6) is 11.5 Å². The van der Waals surface area contributed by atoms with E-state index in [4.69, 9.17) is 9.47 Å². The Morgan fingerprint density at radius 2 is 1.90 bits per heavy atom. The molecule has 6 heteroatoms. The molecule has 0 saturated carbocycles. The topological polar surface area (TPSA) is 30.5 Å². The van der Waals surface area contributed by atoms with E-state index in [-0.39, 0.29) is 12.6 Å². The lowest BCUT2D eigenvalue weighted by molar-refractivity contribution is -0.133. The Hall–Kier alpha value is -1.43. The highest BCUT2D eigenvalue weighted by molar-refractivity contribution is 5.43. The Morgan fingerprint density at radius 1 is 1.20 bits per heavy atom. The maximum absolute atomic E-state index is 12.0. The van der Waals surface area contributed by atoms with Crippen LogP contribution in [0.3, 0.4) is 0 Å². The number of halogens is 3. The second-order valence-electron chi connectivity index (χ2n) is 4.69. The Balaban J connectivity index is 2.55. The van der Waals surface area contributed by atoms with Crippen LogP contribution in [-0.4, -0.2) is 25.9 Å². The third-order valence-corrected chi connectivity index (χ3v) is 2.51. The standard InChI is InChI=1S/C14H20F3NO2/c1-10(2)20-12-5-4-11(8-13(12)19-3)9-18-7-6-14(15,16)17/h4-5,8,10,18H,6-7,9H2,1-3H3. The Morgan fingerprint density at radius 3 is 2.45 bits per heavy atom. The molecular formula is C14H20F3NO2. The fraction of sp³-hybridized carbons (Fsp3) is 0.571. The average molecular weight is 291 g/mol.